The van der Waals surface area contributed by atoms with Crippen molar-refractivity contribution in [1.29, 1.82) is 5.26 Å². The number of nitrogens with one attached hydrogen (secondary N) is 1. The van der Waals surface area contributed by atoms with E-state index in [1.54, 1.807) is 24.3 Å². The van der Waals surface area contributed by atoms with Gasteiger partial charge in [-0.3, -0.25) is 9.69 Å². The quantitative estimate of drug-likeness (QED) is 0.778. The lowest BCUT2D eigenvalue weighted by Crippen LogP contribution is -2.38. The number of hydrogen-bond acceptors (Lipinski definition) is 4. The summed E-state index contributed by atoms with van der Waals surface area (Å²) in [6.45, 7) is 6.96. The highest BCUT2D eigenvalue weighted by Crippen LogP contribution is 2.11. The summed E-state index contributed by atoms with van der Waals surface area (Å²) in [6, 6.07) is 9.06. The van der Waals surface area contributed by atoms with E-state index in [1.165, 1.54) is 0 Å². The number of ether oxygens (including phenoxy) is 1. The van der Waals surface area contributed by atoms with Gasteiger partial charge in [0.1, 0.15) is 12.4 Å². The van der Waals surface area contributed by atoms with Crippen LogP contribution in [0.15, 0.2) is 24.3 Å². The Morgan fingerprint density at radius 2 is 2.05 bits per heavy atom. The molecule has 0 unspecified atom stereocenters. The van der Waals surface area contributed by atoms with E-state index >= 15 is 0 Å². The Balaban J connectivity index is 2.33. The van der Waals surface area contributed by atoms with Gasteiger partial charge in [0.25, 0.3) is 0 Å². The molecule has 1 aromatic carbocycles. The molecule has 0 fully saturated rings. The normalized spacial score (nSPS) is 10.1. The molecule has 0 aliphatic heterocycles. The largest absolute Gasteiger partial charge is 0.492 e. The van der Waals surface area contributed by atoms with Crippen molar-refractivity contribution in [3.63, 3.8) is 0 Å². The number of nitrogens with zero attached hydrogens (tertiary/aromatic N) is 2. The molecule has 0 heterocycles. The Kier molecular flexibility index (Phi) is 7.15. The second kappa shape index (κ2) is 8.94. The predicted molar refractivity (Wildman–Crippen MR) is 77.4 cm³/mol. The van der Waals surface area contributed by atoms with Crippen LogP contribution in [0.5, 0.6) is 5.75 Å². The van der Waals surface area contributed by atoms with Crippen LogP contribution in [-0.4, -0.2) is 43.6 Å². The van der Waals surface area contributed by atoms with E-state index in [4.69, 9.17) is 10.00 Å². The third-order valence-electron chi connectivity index (χ3n) is 2.85. The molecule has 0 aliphatic rings. The Morgan fingerprint density at radius 3 is 2.60 bits per heavy atom. The maximum Gasteiger partial charge on any atom is 0.234 e. The number of benzene rings is 1. The number of nitriles is 1. The van der Waals surface area contributed by atoms with Crippen molar-refractivity contribution in [3.8, 4) is 11.8 Å². The molecular weight excluding hydrogens is 254 g/mol. The molecule has 0 radical (unpaired) electrons. The monoisotopic (exact) mass is 275 g/mol. The number of carbonyl (C=O) groups excluding carboxylic acids is 1. The molecule has 20 heavy (non-hydrogen) atoms. The topological polar surface area (TPSA) is 65.4 Å². The van der Waals surface area contributed by atoms with Gasteiger partial charge < -0.3 is 10.1 Å². The fourth-order valence-corrected chi connectivity index (χ4v) is 1.72. The zero-order valence-electron chi connectivity index (χ0n) is 12.1. The summed E-state index contributed by atoms with van der Waals surface area (Å²) in [7, 11) is 0. The molecule has 0 spiro atoms. The number of hydrogen-bond donors (Lipinski definition) is 1. The lowest BCUT2D eigenvalue weighted by atomic mass is 10.2. The third-order valence-corrected chi connectivity index (χ3v) is 2.85. The van der Waals surface area contributed by atoms with Crippen LogP contribution in [0, 0.1) is 11.3 Å². The molecule has 1 amide bonds. The standard InChI is InChI=1S/C15H21N3O2/c1-3-17-15(19)12-18(4-2)9-10-20-14-7-5-13(11-16)6-8-14/h5-8H,3-4,9-10,12H2,1-2H3,(H,17,19). The van der Waals surface area contributed by atoms with Crippen LogP contribution in [-0.2, 0) is 4.79 Å². The van der Waals surface area contributed by atoms with Crippen molar-refractivity contribution in [2.24, 2.45) is 0 Å². The second-order valence-corrected chi connectivity index (χ2v) is 4.31. The minimum absolute atomic E-state index is 0.0349. The lowest BCUT2D eigenvalue weighted by molar-refractivity contribution is -0.122. The zero-order chi connectivity index (χ0) is 14.8. The van der Waals surface area contributed by atoms with Gasteiger partial charge in [0.2, 0.25) is 5.91 Å². The maximum absolute atomic E-state index is 11.5. The summed E-state index contributed by atoms with van der Waals surface area (Å²) in [5.74, 6) is 0.769. The fourth-order valence-electron chi connectivity index (χ4n) is 1.72. The first-order valence-electron chi connectivity index (χ1n) is 6.81. The number of rotatable bonds is 8. The van der Waals surface area contributed by atoms with E-state index in [9.17, 15) is 4.79 Å². The Labute approximate surface area is 120 Å². The van der Waals surface area contributed by atoms with Gasteiger partial charge in [-0.15, -0.1) is 0 Å². The van der Waals surface area contributed by atoms with Crippen molar-refractivity contribution in [1.82, 2.24) is 10.2 Å². The van der Waals surface area contributed by atoms with Crippen LogP contribution in [0.4, 0.5) is 0 Å². The first-order valence-corrected chi connectivity index (χ1v) is 6.81. The van der Waals surface area contributed by atoms with Gasteiger partial charge in [0.15, 0.2) is 0 Å². The van der Waals surface area contributed by atoms with Crippen LogP contribution in [0.1, 0.15) is 19.4 Å². The minimum Gasteiger partial charge on any atom is -0.492 e. The van der Waals surface area contributed by atoms with Crippen molar-refractivity contribution < 1.29 is 9.53 Å². The first kappa shape index (κ1) is 16.0. The molecule has 5 nitrogen and oxygen atoms in total. The Hall–Kier alpha value is -2.06. The van der Waals surface area contributed by atoms with Crippen LogP contribution < -0.4 is 10.1 Å². The van der Waals surface area contributed by atoms with Crippen molar-refractivity contribution in [2.45, 2.75) is 13.8 Å². The molecule has 108 valence electrons. The van der Waals surface area contributed by atoms with Crippen LogP contribution in [0.25, 0.3) is 0 Å². The summed E-state index contributed by atoms with van der Waals surface area (Å²) < 4.78 is 5.60. The van der Waals surface area contributed by atoms with E-state index in [0.29, 0.717) is 31.8 Å². The van der Waals surface area contributed by atoms with Crippen molar-refractivity contribution in [2.75, 3.05) is 32.8 Å². The molecule has 0 saturated heterocycles. The molecule has 0 saturated carbocycles. The summed E-state index contributed by atoms with van der Waals surface area (Å²) in [6.07, 6.45) is 0. The third kappa shape index (κ3) is 5.72. The van der Waals surface area contributed by atoms with Gasteiger partial charge in [-0.25, -0.2) is 0 Å². The van der Waals surface area contributed by atoms with Crippen LogP contribution in [0.3, 0.4) is 0 Å². The molecule has 1 aromatic rings. The average molecular weight is 275 g/mol. The highest BCUT2D eigenvalue weighted by Gasteiger charge is 2.08. The van der Waals surface area contributed by atoms with E-state index in [-0.39, 0.29) is 5.91 Å². The van der Waals surface area contributed by atoms with Crippen molar-refractivity contribution >= 4 is 5.91 Å². The lowest BCUT2D eigenvalue weighted by Gasteiger charge is -2.19. The fraction of sp³-hybridized carbons (Fsp3) is 0.467. The summed E-state index contributed by atoms with van der Waals surface area (Å²) in [4.78, 5) is 13.5. The Bertz CT molecular complexity index is 451. The zero-order valence-corrected chi connectivity index (χ0v) is 12.1. The van der Waals surface area contributed by atoms with E-state index in [1.807, 2.05) is 18.7 Å². The Morgan fingerprint density at radius 1 is 1.35 bits per heavy atom. The summed E-state index contributed by atoms with van der Waals surface area (Å²) >= 11 is 0. The smallest absolute Gasteiger partial charge is 0.234 e. The van der Waals surface area contributed by atoms with Gasteiger partial charge in [-0.05, 0) is 37.7 Å². The summed E-state index contributed by atoms with van der Waals surface area (Å²) in [5.41, 5.74) is 0.615. The van der Waals surface area contributed by atoms with Crippen LogP contribution >= 0.6 is 0 Å². The molecule has 5 heteroatoms. The highest BCUT2D eigenvalue weighted by atomic mass is 16.5. The van der Waals surface area contributed by atoms with Crippen molar-refractivity contribution in [3.05, 3.63) is 29.8 Å². The van der Waals surface area contributed by atoms with Gasteiger partial charge in [-0.2, -0.15) is 5.26 Å². The highest BCUT2D eigenvalue weighted by molar-refractivity contribution is 5.77. The summed E-state index contributed by atoms with van der Waals surface area (Å²) in [5, 5.41) is 11.5. The molecule has 0 aliphatic carbocycles. The minimum atomic E-state index is 0.0349. The predicted octanol–water partition coefficient (Wildman–Crippen LogP) is 1.40. The number of likely N-dealkylation sites (N-methyl/N-ethyl adjacent to an activating group) is 2. The second-order valence-electron chi connectivity index (χ2n) is 4.31. The van der Waals surface area contributed by atoms with Crippen LogP contribution in [0.2, 0.25) is 0 Å². The molecule has 0 atom stereocenters. The molecule has 1 rings (SSSR count). The number of carbonyl (C=O) groups is 1. The maximum atomic E-state index is 11.5. The van der Waals surface area contributed by atoms with Gasteiger partial charge in [0, 0.05) is 13.1 Å². The molecule has 0 aromatic heterocycles. The average Bonchev–Trinajstić information content (AvgIpc) is 2.47. The molecule has 0 bridgehead atoms. The van der Waals surface area contributed by atoms with E-state index < -0.39 is 0 Å². The van der Waals surface area contributed by atoms with Gasteiger partial charge in [0.05, 0.1) is 18.2 Å². The van der Waals surface area contributed by atoms with E-state index in [0.717, 1.165) is 12.3 Å². The van der Waals surface area contributed by atoms with Gasteiger partial charge in [-0.1, -0.05) is 6.92 Å². The first-order chi connectivity index (χ1) is 9.69. The molecular formula is C15H21N3O2. The van der Waals surface area contributed by atoms with E-state index in [2.05, 4.69) is 11.4 Å². The SMILES string of the molecule is CCNC(=O)CN(CC)CCOc1ccc(C#N)cc1. The van der Waals surface area contributed by atoms with Gasteiger partial charge >= 0.3 is 0 Å². The number of amides is 1. The molecule has 1 N–H and O–H groups in total.